The molecule has 102 valence electrons. The molecule has 1 atom stereocenters. The number of nitrogens with zero attached hydrogens (tertiary/aromatic N) is 2. The number of ketones is 1. The third kappa shape index (κ3) is 3.19. The highest BCUT2D eigenvalue weighted by Crippen LogP contribution is 2.19. The van der Waals surface area contributed by atoms with Crippen LogP contribution in [0.5, 0.6) is 0 Å². The summed E-state index contributed by atoms with van der Waals surface area (Å²) in [5.41, 5.74) is 1.30. The second-order valence-electron chi connectivity index (χ2n) is 4.72. The molecular weight excluding hydrogens is 228 g/mol. The van der Waals surface area contributed by atoms with Crippen molar-refractivity contribution in [3.63, 3.8) is 0 Å². The Bertz CT molecular complexity index is 412. The molecule has 1 aromatic heterocycles. The van der Waals surface area contributed by atoms with E-state index >= 15 is 0 Å². The lowest BCUT2D eigenvalue weighted by molar-refractivity contribution is -0.141. The highest BCUT2D eigenvalue weighted by atomic mass is 16.5. The molecule has 1 unspecified atom stereocenters. The van der Waals surface area contributed by atoms with Crippen molar-refractivity contribution in [2.24, 2.45) is 7.05 Å². The Morgan fingerprint density at radius 3 is 2.56 bits per heavy atom. The van der Waals surface area contributed by atoms with Gasteiger partial charge in [0.05, 0.1) is 12.1 Å². The third-order valence-electron chi connectivity index (χ3n) is 3.46. The lowest BCUT2D eigenvalue weighted by atomic mass is 9.94. The minimum Gasteiger partial charge on any atom is -0.368 e. The molecule has 1 heterocycles. The largest absolute Gasteiger partial charge is 0.368 e. The van der Waals surface area contributed by atoms with Crippen LogP contribution in [-0.2, 0) is 29.4 Å². The van der Waals surface area contributed by atoms with Gasteiger partial charge >= 0.3 is 0 Å². The molecule has 0 aliphatic carbocycles. The van der Waals surface area contributed by atoms with Gasteiger partial charge in [-0.05, 0) is 32.8 Å². The molecule has 0 spiro atoms. The molecule has 1 aromatic rings. The van der Waals surface area contributed by atoms with Gasteiger partial charge in [0.25, 0.3) is 0 Å². The van der Waals surface area contributed by atoms with E-state index in [1.165, 1.54) is 0 Å². The monoisotopic (exact) mass is 252 g/mol. The lowest BCUT2D eigenvalue weighted by Gasteiger charge is -2.26. The molecule has 0 saturated heterocycles. The first-order chi connectivity index (χ1) is 8.46. The fourth-order valence-corrected chi connectivity index (χ4v) is 1.96. The normalized spacial score (nSPS) is 14.5. The zero-order valence-corrected chi connectivity index (χ0v) is 12.1. The number of carbonyl (C=O) groups is 1. The Morgan fingerprint density at radius 1 is 1.44 bits per heavy atom. The number of Topliss-reactive ketones (excluding diaryl/α,β-unsaturated/α-hetero) is 1. The van der Waals surface area contributed by atoms with Crippen molar-refractivity contribution in [1.82, 2.24) is 9.78 Å². The molecule has 0 aliphatic heterocycles. The van der Waals surface area contributed by atoms with Gasteiger partial charge in [0.15, 0.2) is 5.78 Å². The molecule has 0 amide bonds. The molecule has 0 saturated carbocycles. The zero-order valence-electron chi connectivity index (χ0n) is 12.1. The van der Waals surface area contributed by atoms with Crippen molar-refractivity contribution in [2.75, 3.05) is 6.61 Å². The molecule has 0 N–H and O–H groups in total. The van der Waals surface area contributed by atoms with Crippen LogP contribution in [0, 0.1) is 0 Å². The number of rotatable bonds is 7. The van der Waals surface area contributed by atoms with Crippen LogP contribution >= 0.6 is 0 Å². The van der Waals surface area contributed by atoms with Crippen LogP contribution in [-0.4, -0.2) is 27.8 Å². The average Bonchev–Trinajstić information content (AvgIpc) is 2.70. The van der Waals surface area contributed by atoms with Crippen LogP contribution in [0.2, 0.25) is 0 Å². The van der Waals surface area contributed by atoms with Crippen LogP contribution in [0.4, 0.5) is 0 Å². The van der Waals surface area contributed by atoms with Crippen LogP contribution in [0.15, 0.2) is 6.07 Å². The first-order valence-corrected chi connectivity index (χ1v) is 6.65. The predicted molar refractivity (Wildman–Crippen MR) is 71.6 cm³/mol. The smallest absolute Gasteiger partial charge is 0.170 e. The number of hydrogen-bond donors (Lipinski definition) is 0. The minimum absolute atomic E-state index is 0.123. The Morgan fingerprint density at radius 2 is 2.11 bits per heavy atom. The van der Waals surface area contributed by atoms with Crippen molar-refractivity contribution in [1.29, 1.82) is 0 Å². The second kappa shape index (κ2) is 6.14. The lowest BCUT2D eigenvalue weighted by Crippen LogP contribution is -2.39. The van der Waals surface area contributed by atoms with Crippen LogP contribution in [0.3, 0.4) is 0 Å². The molecule has 1 rings (SSSR count). The van der Waals surface area contributed by atoms with Crippen LogP contribution < -0.4 is 0 Å². The molecular formula is C14H24N2O2. The van der Waals surface area contributed by atoms with E-state index in [-0.39, 0.29) is 5.78 Å². The quantitative estimate of drug-likeness (QED) is 0.748. The maximum atomic E-state index is 12.3. The topological polar surface area (TPSA) is 44.1 Å². The third-order valence-corrected chi connectivity index (χ3v) is 3.46. The molecule has 0 aromatic carbocycles. The summed E-state index contributed by atoms with van der Waals surface area (Å²) in [6, 6.07) is 2.00. The minimum atomic E-state index is -0.675. The van der Waals surface area contributed by atoms with Crippen molar-refractivity contribution in [2.45, 2.75) is 52.6 Å². The van der Waals surface area contributed by atoms with E-state index in [1.54, 1.807) is 4.68 Å². The van der Waals surface area contributed by atoms with Gasteiger partial charge in [0.2, 0.25) is 0 Å². The van der Waals surface area contributed by atoms with E-state index in [2.05, 4.69) is 12.0 Å². The predicted octanol–water partition coefficient (Wildman–Crippen LogP) is 2.30. The summed E-state index contributed by atoms with van der Waals surface area (Å²) in [6.45, 7) is 8.39. The summed E-state index contributed by atoms with van der Waals surface area (Å²) in [6.07, 6.45) is 1.96. The standard InChI is InChI=1S/C14H24N2O2/c1-6-11-9-12(16(5)15-11)10-13(17)14(4,7-2)18-8-3/h9H,6-8,10H2,1-5H3. The highest BCUT2D eigenvalue weighted by Gasteiger charge is 2.31. The first kappa shape index (κ1) is 14.9. The maximum absolute atomic E-state index is 12.3. The Hall–Kier alpha value is -1.16. The number of aromatic nitrogens is 2. The summed E-state index contributed by atoms with van der Waals surface area (Å²) in [5.74, 6) is 0.123. The molecule has 0 fully saturated rings. The van der Waals surface area contributed by atoms with Gasteiger partial charge in [-0.1, -0.05) is 13.8 Å². The van der Waals surface area contributed by atoms with Crippen molar-refractivity contribution >= 4 is 5.78 Å². The molecule has 0 bridgehead atoms. The van der Waals surface area contributed by atoms with Gasteiger partial charge in [-0.3, -0.25) is 9.48 Å². The Labute approximate surface area is 109 Å². The van der Waals surface area contributed by atoms with Crippen molar-refractivity contribution in [3.8, 4) is 0 Å². The SMILES string of the molecule is CCOC(C)(CC)C(=O)Cc1cc(CC)nn1C. The van der Waals surface area contributed by atoms with Crippen molar-refractivity contribution in [3.05, 3.63) is 17.5 Å². The first-order valence-electron chi connectivity index (χ1n) is 6.65. The fourth-order valence-electron chi connectivity index (χ4n) is 1.96. The van der Waals surface area contributed by atoms with Crippen LogP contribution in [0.25, 0.3) is 0 Å². The van der Waals surface area contributed by atoms with E-state index in [1.807, 2.05) is 33.9 Å². The second-order valence-corrected chi connectivity index (χ2v) is 4.72. The summed E-state index contributed by atoms with van der Waals surface area (Å²) in [4.78, 5) is 12.3. The van der Waals surface area contributed by atoms with E-state index < -0.39 is 5.60 Å². The summed E-state index contributed by atoms with van der Waals surface area (Å²) in [7, 11) is 1.88. The summed E-state index contributed by atoms with van der Waals surface area (Å²) < 4.78 is 7.40. The molecule has 4 heteroatoms. The van der Waals surface area contributed by atoms with Gasteiger partial charge in [0, 0.05) is 19.3 Å². The number of hydrogen-bond acceptors (Lipinski definition) is 3. The van der Waals surface area contributed by atoms with Gasteiger partial charge in [-0.25, -0.2) is 0 Å². The zero-order chi connectivity index (χ0) is 13.8. The summed E-state index contributed by atoms with van der Waals surface area (Å²) in [5, 5.41) is 4.36. The Kier molecular flexibility index (Phi) is 5.08. The fraction of sp³-hybridized carbons (Fsp3) is 0.714. The van der Waals surface area contributed by atoms with Crippen molar-refractivity contribution < 1.29 is 9.53 Å². The van der Waals surface area contributed by atoms with Gasteiger partial charge in [0.1, 0.15) is 5.60 Å². The van der Waals surface area contributed by atoms with Gasteiger partial charge in [-0.15, -0.1) is 0 Å². The molecule has 0 radical (unpaired) electrons. The van der Waals surface area contributed by atoms with Crippen LogP contribution in [0.1, 0.15) is 45.5 Å². The maximum Gasteiger partial charge on any atom is 0.170 e. The number of carbonyl (C=O) groups excluding carboxylic acids is 1. The van der Waals surface area contributed by atoms with E-state index in [4.69, 9.17) is 4.74 Å². The van der Waals surface area contributed by atoms with E-state index in [0.29, 0.717) is 19.4 Å². The molecule has 4 nitrogen and oxygen atoms in total. The number of aryl methyl sites for hydroxylation is 2. The summed E-state index contributed by atoms with van der Waals surface area (Å²) >= 11 is 0. The van der Waals surface area contributed by atoms with Gasteiger partial charge in [-0.2, -0.15) is 5.10 Å². The molecule has 0 aliphatic rings. The van der Waals surface area contributed by atoms with Gasteiger partial charge < -0.3 is 4.74 Å². The van der Waals surface area contributed by atoms with E-state index in [9.17, 15) is 4.79 Å². The number of ether oxygens (including phenoxy) is 1. The Balaban J connectivity index is 2.82. The highest BCUT2D eigenvalue weighted by molar-refractivity contribution is 5.88. The average molecular weight is 252 g/mol. The van der Waals surface area contributed by atoms with E-state index in [0.717, 1.165) is 17.8 Å². The molecule has 18 heavy (non-hydrogen) atoms.